The summed E-state index contributed by atoms with van der Waals surface area (Å²) in [6.45, 7) is 0.570. The molecule has 18 heavy (non-hydrogen) atoms. The summed E-state index contributed by atoms with van der Waals surface area (Å²) in [6, 6.07) is 4.01. The highest BCUT2D eigenvalue weighted by Gasteiger charge is 2.54. The molecule has 1 aromatic rings. The van der Waals surface area contributed by atoms with E-state index in [4.69, 9.17) is 28.9 Å². The van der Waals surface area contributed by atoms with E-state index in [1.54, 1.807) is 0 Å². The van der Waals surface area contributed by atoms with E-state index >= 15 is 0 Å². The van der Waals surface area contributed by atoms with Crippen molar-refractivity contribution in [2.24, 2.45) is 5.73 Å². The molecule has 0 fully saturated rings. The van der Waals surface area contributed by atoms with Crippen molar-refractivity contribution < 1.29 is 18.0 Å². The molecule has 1 rings (SSSR count). The van der Waals surface area contributed by atoms with Gasteiger partial charge in [0.2, 0.25) is 0 Å². The van der Waals surface area contributed by atoms with E-state index in [1.807, 2.05) is 5.32 Å². The molecule has 8 heteroatoms. The number of carbonyl (C=O) groups is 1. The second-order valence-corrected chi connectivity index (χ2v) is 4.62. The molecule has 0 saturated heterocycles. The Morgan fingerprint density at radius 2 is 1.89 bits per heavy atom. The number of amides is 1. The van der Waals surface area contributed by atoms with Crippen LogP contribution in [-0.2, 0) is 4.79 Å². The fourth-order valence-electron chi connectivity index (χ4n) is 0.974. The average molecular weight is 301 g/mol. The Labute approximate surface area is 111 Å². The zero-order valence-corrected chi connectivity index (χ0v) is 10.6. The highest BCUT2D eigenvalue weighted by Crippen LogP contribution is 2.31. The molecule has 0 heterocycles. The van der Waals surface area contributed by atoms with Gasteiger partial charge in [0, 0.05) is 5.02 Å². The first kappa shape index (κ1) is 15.1. The molecule has 0 aliphatic carbocycles. The molecule has 3 N–H and O–H groups in total. The molecule has 0 saturated carbocycles. The van der Waals surface area contributed by atoms with E-state index in [0.717, 1.165) is 0 Å². The van der Waals surface area contributed by atoms with Gasteiger partial charge in [-0.1, -0.05) is 23.2 Å². The molecule has 100 valence electrons. The number of nitrogens with two attached hydrogens (primary N) is 1. The van der Waals surface area contributed by atoms with Crippen LogP contribution in [0.1, 0.15) is 6.92 Å². The molecule has 0 bridgehead atoms. The van der Waals surface area contributed by atoms with Crippen molar-refractivity contribution in [2.75, 3.05) is 5.32 Å². The third-order valence-corrected chi connectivity index (χ3v) is 2.80. The van der Waals surface area contributed by atoms with Crippen molar-refractivity contribution in [3.05, 3.63) is 28.2 Å². The molecule has 1 aromatic carbocycles. The fourth-order valence-corrected chi connectivity index (χ4v) is 1.31. The van der Waals surface area contributed by atoms with Crippen LogP contribution in [-0.4, -0.2) is 17.6 Å². The lowest BCUT2D eigenvalue weighted by Crippen LogP contribution is -2.59. The summed E-state index contributed by atoms with van der Waals surface area (Å²) in [7, 11) is 0. The Morgan fingerprint density at radius 1 is 1.33 bits per heavy atom. The lowest BCUT2D eigenvalue weighted by molar-refractivity contribution is -0.184. The van der Waals surface area contributed by atoms with Gasteiger partial charge in [0.1, 0.15) is 0 Å². The van der Waals surface area contributed by atoms with E-state index in [0.29, 0.717) is 6.92 Å². The number of nitrogens with one attached hydrogen (secondary N) is 1. The van der Waals surface area contributed by atoms with Gasteiger partial charge >= 0.3 is 6.18 Å². The summed E-state index contributed by atoms with van der Waals surface area (Å²) in [5, 5.41) is 2.28. The average Bonchev–Trinajstić information content (AvgIpc) is 2.21. The van der Waals surface area contributed by atoms with Gasteiger partial charge in [-0.3, -0.25) is 4.79 Å². The van der Waals surface area contributed by atoms with Crippen LogP contribution in [0.3, 0.4) is 0 Å². The lowest BCUT2D eigenvalue weighted by Gasteiger charge is -2.26. The molecule has 1 unspecified atom stereocenters. The van der Waals surface area contributed by atoms with E-state index in [2.05, 4.69) is 0 Å². The Kier molecular flexibility index (Phi) is 4.15. The monoisotopic (exact) mass is 300 g/mol. The summed E-state index contributed by atoms with van der Waals surface area (Å²) in [4.78, 5) is 11.5. The van der Waals surface area contributed by atoms with E-state index in [-0.39, 0.29) is 15.7 Å². The highest BCUT2D eigenvalue weighted by molar-refractivity contribution is 6.35. The Bertz CT molecular complexity index is 475. The second kappa shape index (κ2) is 4.95. The zero-order chi connectivity index (χ0) is 14.1. The molecule has 0 aliphatic rings. The minimum atomic E-state index is -4.87. The quantitative estimate of drug-likeness (QED) is 0.881. The third-order valence-electron chi connectivity index (χ3n) is 2.24. The summed E-state index contributed by atoms with van der Waals surface area (Å²) in [6.07, 6.45) is -4.87. The fraction of sp³-hybridized carbons (Fsp3) is 0.300. The van der Waals surface area contributed by atoms with Crippen LogP contribution in [0.2, 0.25) is 10.0 Å². The zero-order valence-electron chi connectivity index (χ0n) is 9.11. The number of hydrogen-bond donors (Lipinski definition) is 2. The van der Waals surface area contributed by atoms with Crippen molar-refractivity contribution in [1.29, 1.82) is 0 Å². The molecule has 0 radical (unpaired) electrons. The molecule has 1 atom stereocenters. The molecule has 3 nitrogen and oxygen atoms in total. The topological polar surface area (TPSA) is 55.1 Å². The molecular weight excluding hydrogens is 292 g/mol. The van der Waals surface area contributed by atoms with Gasteiger partial charge in [0.05, 0.1) is 10.7 Å². The van der Waals surface area contributed by atoms with Crippen molar-refractivity contribution in [3.8, 4) is 0 Å². The molecule has 1 amide bonds. The lowest BCUT2D eigenvalue weighted by atomic mass is 10.0. The van der Waals surface area contributed by atoms with Gasteiger partial charge in [0.25, 0.3) is 5.91 Å². The van der Waals surface area contributed by atoms with E-state index < -0.39 is 17.6 Å². The Morgan fingerprint density at radius 3 is 2.39 bits per heavy atom. The van der Waals surface area contributed by atoms with Crippen LogP contribution in [0.4, 0.5) is 18.9 Å². The van der Waals surface area contributed by atoms with Gasteiger partial charge in [-0.2, -0.15) is 13.2 Å². The summed E-state index contributed by atoms with van der Waals surface area (Å²) >= 11 is 11.4. The SMILES string of the molecule is CC(N)(C(=O)Nc1cc(Cl)ccc1Cl)C(F)(F)F. The molecular formula is C10H9Cl2F3N2O. The number of alkyl halides is 3. The Balaban J connectivity index is 2.98. The maximum absolute atomic E-state index is 12.5. The first-order valence-corrected chi connectivity index (χ1v) is 5.43. The van der Waals surface area contributed by atoms with Crippen LogP contribution < -0.4 is 11.1 Å². The number of anilines is 1. The highest BCUT2D eigenvalue weighted by atomic mass is 35.5. The van der Waals surface area contributed by atoms with Crippen LogP contribution in [0.5, 0.6) is 0 Å². The number of benzene rings is 1. The predicted octanol–water partition coefficient (Wildman–Crippen LogP) is 3.21. The minimum absolute atomic E-state index is 0.0323. The summed E-state index contributed by atoms with van der Waals surface area (Å²) < 4.78 is 37.6. The first-order valence-electron chi connectivity index (χ1n) is 4.68. The molecule has 0 aliphatic heterocycles. The standard InChI is InChI=1S/C10H9Cl2F3N2O/c1-9(16,10(13,14)15)8(18)17-7-4-5(11)2-3-6(7)12/h2-4H,16H2,1H3,(H,17,18). The smallest absolute Gasteiger partial charge is 0.323 e. The molecule has 0 spiro atoms. The van der Waals surface area contributed by atoms with Crippen molar-refractivity contribution in [2.45, 2.75) is 18.6 Å². The van der Waals surface area contributed by atoms with E-state index in [9.17, 15) is 18.0 Å². The number of carbonyl (C=O) groups excluding carboxylic acids is 1. The van der Waals surface area contributed by atoms with Crippen LogP contribution in [0.15, 0.2) is 18.2 Å². The van der Waals surface area contributed by atoms with Crippen LogP contribution in [0, 0.1) is 0 Å². The normalized spacial score (nSPS) is 15.1. The minimum Gasteiger partial charge on any atom is -0.323 e. The first-order chi connectivity index (χ1) is 8.05. The van der Waals surface area contributed by atoms with Crippen molar-refractivity contribution in [3.63, 3.8) is 0 Å². The van der Waals surface area contributed by atoms with Gasteiger partial charge in [-0.25, -0.2) is 0 Å². The third kappa shape index (κ3) is 3.07. The predicted molar refractivity (Wildman–Crippen MR) is 63.7 cm³/mol. The van der Waals surface area contributed by atoms with E-state index in [1.165, 1.54) is 18.2 Å². The number of hydrogen-bond acceptors (Lipinski definition) is 2. The molecule has 0 aromatic heterocycles. The summed E-state index contributed by atoms with van der Waals surface area (Å²) in [5.74, 6) is -1.42. The number of rotatable bonds is 2. The number of halogens is 5. The largest absolute Gasteiger partial charge is 0.415 e. The maximum atomic E-state index is 12.5. The van der Waals surface area contributed by atoms with Gasteiger partial charge in [0.15, 0.2) is 5.54 Å². The van der Waals surface area contributed by atoms with Gasteiger partial charge < -0.3 is 11.1 Å². The van der Waals surface area contributed by atoms with Crippen LogP contribution in [0.25, 0.3) is 0 Å². The summed E-state index contributed by atoms with van der Waals surface area (Å²) in [5.41, 5.74) is 1.91. The van der Waals surface area contributed by atoms with Gasteiger partial charge in [-0.05, 0) is 25.1 Å². The van der Waals surface area contributed by atoms with Crippen molar-refractivity contribution in [1.82, 2.24) is 0 Å². The van der Waals surface area contributed by atoms with Gasteiger partial charge in [-0.15, -0.1) is 0 Å². The maximum Gasteiger partial charge on any atom is 0.415 e. The Hall–Kier alpha value is -0.980. The van der Waals surface area contributed by atoms with Crippen LogP contribution >= 0.6 is 23.2 Å². The van der Waals surface area contributed by atoms with Crippen molar-refractivity contribution >= 4 is 34.8 Å². The second-order valence-electron chi connectivity index (χ2n) is 3.78.